The standard InChI is InChI=1S/C19H23N/c1-13-5-9-18(15(3)10-13)19-11-14(2)4-6-16(19)12-20-17-7-8-17/h4-6,9-11,17,20H,7-8,12H2,1-3H3. The maximum Gasteiger partial charge on any atom is 0.0214 e. The molecule has 1 fully saturated rings. The fourth-order valence-corrected chi connectivity index (χ4v) is 2.75. The van der Waals surface area contributed by atoms with Gasteiger partial charge in [-0.15, -0.1) is 0 Å². The topological polar surface area (TPSA) is 12.0 Å². The molecule has 3 rings (SSSR count). The van der Waals surface area contributed by atoms with Crippen LogP contribution < -0.4 is 5.32 Å². The Bertz CT molecular complexity index is 624. The van der Waals surface area contributed by atoms with Crippen molar-refractivity contribution in [1.82, 2.24) is 5.32 Å². The zero-order valence-corrected chi connectivity index (χ0v) is 12.7. The second-order valence-electron chi connectivity index (χ2n) is 6.13. The van der Waals surface area contributed by atoms with Crippen LogP contribution >= 0.6 is 0 Å². The molecule has 0 aromatic heterocycles. The molecule has 0 spiro atoms. The van der Waals surface area contributed by atoms with Crippen molar-refractivity contribution in [1.29, 1.82) is 0 Å². The molecular weight excluding hydrogens is 242 g/mol. The van der Waals surface area contributed by atoms with Crippen LogP contribution in [-0.2, 0) is 6.54 Å². The monoisotopic (exact) mass is 265 g/mol. The molecule has 1 N–H and O–H groups in total. The number of hydrogen-bond donors (Lipinski definition) is 1. The first kappa shape index (κ1) is 13.4. The van der Waals surface area contributed by atoms with Gasteiger partial charge in [0, 0.05) is 12.6 Å². The van der Waals surface area contributed by atoms with E-state index in [9.17, 15) is 0 Å². The van der Waals surface area contributed by atoms with Crippen LogP contribution in [0.1, 0.15) is 35.1 Å². The Morgan fingerprint density at radius 2 is 1.60 bits per heavy atom. The van der Waals surface area contributed by atoms with Crippen molar-refractivity contribution in [3.05, 3.63) is 58.7 Å². The van der Waals surface area contributed by atoms with Crippen LogP contribution in [0, 0.1) is 20.8 Å². The predicted molar refractivity (Wildman–Crippen MR) is 86.0 cm³/mol. The lowest BCUT2D eigenvalue weighted by atomic mass is 9.93. The van der Waals surface area contributed by atoms with Crippen LogP contribution in [0.15, 0.2) is 36.4 Å². The molecule has 0 radical (unpaired) electrons. The smallest absolute Gasteiger partial charge is 0.0214 e. The van der Waals surface area contributed by atoms with Crippen molar-refractivity contribution in [2.24, 2.45) is 0 Å². The van der Waals surface area contributed by atoms with Gasteiger partial charge in [-0.1, -0.05) is 47.5 Å². The second kappa shape index (κ2) is 5.41. The van der Waals surface area contributed by atoms with Gasteiger partial charge in [-0.05, 0) is 55.9 Å². The van der Waals surface area contributed by atoms with Crippen LogP contribution in [0.25, 0.3) is 11.1 Å². The molecule has 0 unspecified atom stereocenters. The Hall–Kier alpha value is -1.60. The van der Waals surface area contributed by atoms with Crippen molar-refractivity contribution < 1.29 is 0 Å². The zero-order valence-electron chi connectivity index (χ0n) is 12.7. The van der Waals surface area contributed by atoms with E-state index in [-0.39, 0.29) is 0 Å². The van der Waals surface area contributed by atoms with E-state index < -0.39 is 0 Å². The minimum absolute atomic E-state index is 0.753. The SMILES string of the molecule is Cc1ccc(-c2cc(C)ccc2CNC2CC2)c(C)c1. The lowest BCUT2D eigenvalue weighted by Crippen LogP contribution is -2.16. The third-order valence-corrected chi connectivity index (χ3v) is 4.10. The number of rotatable bonds is 4. The summed E-state index contributed by atoms with van der Waals surface area (Å²) in [5.41, 5.74) is 8.19. The third-order valence-electron chi connectivity index (χ3n) is 4.10. The summed E-state index contributed by atoms with van der Waals surface area (Å²) in [4.78, 5) is 0. The van der Waals surface area contributed by atoms with E-state index >= 15 is 0 Å². The normalized spacial score (nSPS) is 14.6. The first-order valence-corrected chi connectivity index (χ1v) is 7.54. The molecule has 0 heterocycles. The lowest BCUT2D eigenvalue weighted by molar-refractivity contribution is 0.688. The minimum Gasteiger partial charge on any atom is -0.310 e. The maximum atomic E-state index is 3.63. The highest BCUT2D eigenvalue weighted by atomic mass is 14.9. The summed E-state index contributed by atoms with van der Waals surface area (Å²) in [7, 11) is 0. The molecule has 104 valence electrons. The molecule has 20 heavy (non-hydrogen) atoms. The molecule has 0 saturated heterocycles. The highest BCUT2D eigenvalue weighted by Crippen LogP contribution is 2.29. The Morgan fingerprint density at radius 1 is 0.900 bits per heavy atom. The molecule has 0 amide bonds. The van der Waals surface area contributed by atoms with Crippen LogP contribution in [0.2, 0.25) is 0 Å². The highest BCUT2D eigenvalue weighted by molar-refractivity contribution is 5.71. The summed E-state index contributed by atoms with van der Waals surface area (Å²) >= 11 is 0. The largest absolute Gasteiger partial charge is 0.310 e. The number of nitrogens with one attached hydrogen (secondary N) is 1. The van der Waals surface area contributed by atoms with Gasteiger partial charge in [0.05, 0.1) is 0 Å². The quantitative estimate of drug-likeness (QED) is 0.856. The third kappa shape index (κ3) is 2.94. The Kier molecular flexibility index (Phi) is 3.62. The molecular formula is C19H23N. The van der Waals surface area contributed by atoms with Gasteiger partial charge >= 0.3 is 0 Å². The Balaban J connectivity index is 1.98. The van der Waals surface area contributed by atoms with Crippen molar-refractivity contribution in [3.8, 4) is 11.1 Å². The van der Waals surface area contributed by atoms with Crippen LogP contribution in [0.5, 0.6) is 0 Å². The molecule has 0 bridgehead atoms. The van der Waals surface area contributed by atoms with Crippen molar-refractivity contribution in [3.63, 3.8) is 0 Å². The van der Waals surface area contributed by atoms with E-state index in [0.29, 0.717) is 0 Å². The maximum absolute atomic E-state index is 3.63. The van der Waals surface area contributed by atoms with E-state index in [2.05, 4.69) is 62.5 Å². The van der Waals surface area contributed by atoms with Crippen molar-refractivity contribution in [2.45, 2.75) is 46.2 Å². The molecule has 0 atom stereocenters. The summed E-state index contributed by atoms with van der Waals surface area (Å²) in [5, 5.41) is 3.63. The predicted octanol–water partition coefficient (Wildman–Crippen LogP) is 4.53. The summed E-state index contributed by atoms with van der Waals surface area (Å²) in [6.45, 7) is 7.52. The van der Waals surface area contributed by atoms with E-state index in [0.717, 1.165) is 12.6 Å². The van der Waals surface area contributed by atoms with Gasteiger partial charge in [-0.2, -0.15) is 0 Å². The van der Waals surface area contributed by atoms with Gasteiger partial charge in [0.1, 0.15) is 0 Å². The fraction of sp³-hybridized carbons (Fsp3) is 0.368. The first-order valence-electron chi connectivity index (χ1n) is 7.54. The van der Waals surface area contributed by atoms with E-state index in [1.54, 1.807) is 0 Å². The van der Waals surface area contributed by atoms with Gasteiger partial charge in [0.2, 0.25) is 0 Å². The van der Waals surface area contributed by atoms with Gasteiger partial charge in [-0.3, -0.25) is 0 Å². The molecule has 1 aliphatic carbocycles. The Labute approximate surface area is 122 Å². The molecule has 1 aliphatic rings. The number of aryl methyl sites for hydroxylation is 3. The molecule has 1 nitrogen and oxygen atoms in total. The van der Waals surface area contributed by atoms with Crippen LogP contribution in [-0.4, -0.2) is 6.04 Å². The molecule has 0 aliphatic heterocycles. The molecule has 2 aromatic carbocycles. The van der Waals surface area contributed by atoms with Crippen molar-refractivity contribution in [2.75, 3.05) is 0 Å². The first-order chi connectivity index (χ1) is 9.63. The molecule has 2 aromatic rings. The van der Waals surface area contributed by atoms with Gasteiger partial charge in [0.25, 0.3) is 0 Å². The van der Waals surface area contributed by atoms with E-state index in [1.165, 1.54) is 46.2 Å². The number of benzene rings is 2. The average Bonchev–Trinajstić information content (AvgIpc) is 3.21. The minimum atomic E-state index is 0.753. The highest BCUT2D eigenvalue weighted by Gasteiger charge is 2.20. The van der Waals surface area contributed by atoms with Crippen LogP contribution in [0.3, 0.4) is 0 Å². The molecule has 1 heteroatoms. The summed E-state index contributed by atoms with van der Waals surface area (Å²) in [5.74, 6) is 0. The van der Waals surface area contributed by atoms with Gasteiger partial charge < -0.3 is 5.32 Å². The summed E-state index contributed by atoms with van der Waals surface area (Å²) in [6.07, 6.45) is 2.68. The molecule has 1 saturated carbocycles. The summed E-state index contributed by atoms with van der Waals surface area (Å²) < 4.78 is 0. The zero-order chi connectivity index (χ0) is 14.1. The second-order valence-corrected chi connectivity index (χ2v) is 6.13. The van der Waals surface area contributed by atoms with Crippen LogP contribution in [0.4, 0.5) is 0 Å². The van der Waals surface area contributed by atoms with Crippen molar-refractivity contribution >= 4 is 0 Å². The van der Waals surface area contributed by atoms with Gasteiger partial charge in [0.15, 0.2) is 0 Å². The average molecular weight is 265 g/mol. The van der Waals surface area contributed by atoms with E-state index in [1.807, 2.05) is 0 Å². The fourth-order valence-electron chi connectivity index (χ4n) is 2.75. The lowest BCUT2D eigenvalue weighted by Gasteiger charge is -2.14. The van der Waals surface area contributed by atoms with Gasteiger partial charge in [-0.25, -0.2) is 0 Å². The Morgan fingerprint density at radius 3 is 2.30 bits per heavy atom. The van der Waals surface area contributed by atoms with E-state index in [4.69, 9.17) is 0 Å². The number of hydrogen-bond acceptors (Lipinski definition) is 1. The summed E-state index contributed by atoms with van der Waals surface area (Å²) in [6, 6.07) is 14.3.